The molecule has 1 aliphatic carbocycles. The lowest BCUT2D eigenvalue weighted by Gasteiger charge is -2.47. The average Bonchev–Trinajstić information content (AvgIpc) is 2.75. The first kappa shape index (κ1) is 25.8. The molecule has 4 rings (SSSR count). The van der Waals surface area contributed by atoms with E-state index in [9.17, 15) is 14.3 Å². The smallest absolute Gasteiger partial charge is 0.218 e. The molecule has 0 saturated heterocycles. The molecular weight excluding hydrogens is 461 g/mol. The van der Waals surface area contributed by atoms with Crippen LogP contribution >= 0.6 is 0 Å². The lowest BCUT2D eigenvalue weighted by molar-refractivity contribution is -0.120. The standard InChI is InChI=1S/C27H38FN3O3Si/c1-18(32)31-23(13-19-6-8-21(28)9-7-19)25(33)16-29-24-14-27(10-5-11-27)34-26-22(24)12-20(15-30-26)17-35(2,3)4/h6-9,12,15,23-25,29,33H,5,10-11,13-14,16-17H2,1-4H3,(H,31,32)/t23-,24-,25+/m0/s1. The van der Waals surface area contributed by atoms with Gasteiger partial charge in [0, 0.05) is 45.8 Å². The summed E-state index contributed by atoms with van der Waals surface area (Å²) in [5.41, 5.74) is 2.97. The number of rotatable bonds is 9. The number of halogens is 1. The minimum atomic E-state index is -1.30. The number of benzene rings is 1. The third-order valence-corrected chi connectivity index (χ3v) is 8.46. The molecule has 0 unspecified atom stereocenters. The van der Waals surface area contributed by atoms with Crippen molar-refractivity contribution in [2.75, 3.05) is 6.54 Å². The summed E-state index contributed by atoms with van der Waals surface area (Å²) in [6.45, 7) is 8.80. The van der Waals surface area contributed by atoms with Crippen LogP contribution in [-0.4, -0.2) is 48.4 Å². The number of hydrogen-bond acceptors (Lipinski definition) is 5. The van der Waals surface area contributed by atoms with Gasteiger partial charge in [0.15, 0.2) is 0 Å². The van der Waals surface area contributed by atoms with E-state index >= 15 is 0 Å². The Morgan fingerprint density at radius 2 is 1.97 bits per heavy atom. The summed E-state index contributed by atoms with van der Waals surface area (Å²) >= 11 is 0. The van der Waals surface area contributed by atoms with Gasteiger partial charge in [-0.15, -0.1) is 0 Å². The molecule has 35 heavy (non-hydrogen) atoms. The van der Waals surface area contributed by atoms with Crippen molar-refractivity contribution in [2.24, 2.45) is 0 Å². The number of fused-ring (bicyclic) bond motifs is 1. The van der Waals surface area contributed by atoms with E-state index < -0.39 is 20.2 Å². The molecule has 1 amide bonds. The Morgan fingerprint density at radius 3 is 2.57 bits per heavy atom. The molecule has 1 fully saturated rings. The molecule has 1 aromatic carbocycles. The van der Waals surface area contributed by atoms with Crippen LogP contribution in [0.3, 0.4) is 0 Å². The Morgan fingerprint density at radius 1 is 1.26 bits per heavy atom. The van der Waals surface area contributed by atoms with Crippen LogP contribution in [0.15, 0.2) is 36.5 Å². The number of ether oxygens (including phenoxy) is 1. The third kappa shape index (κ3) is 6.68. The number of amides is 1. The molecule has 1 aliphatic heterocycles. The van der Waals surface area contributed by atoms with E-state index in [1.54, 1.807) is 12.1 Å². The van der Waals surface area contributed by atoms with Gasteiger partial charge in [-0.3, -0.25) is 4.79 Å². The van der Waals surface area contributed by atoms with Gasteiger partial charge >= 0.3 is 0 Å². The van der Waals surface area contributed by atoms with Gasteiger partial charge in [-0.25, -0.2) is 9.37 Å². The molecule has 8 heteroatoms. The minimum absolute atomic E-state index is 0.0200. The monoisotopic (exact) mass is 499 g/mol. The van der Waals surface area contributed by atoms with E-state index in [2.05, 4.69) is 36.3 Å². The van der Waals surface area contributed by atoms with Gasteiger partial charge < -0.3 is 20.5 Å². The zero-order chi connectivity index (χ0) is 25.2. The SMILES string of the molecule is CC(=O)N[C@@H](Cc1ccc(F)cc1)[C@H](O)CN[C@H]1CC2(CCC2)Oc2ncc(C[Si](C)(C)C)cc21. The van der Waals surface area contributed by atoms with Crippen molar-refractivity contribution in [3.05, 3.63) is 59.0 Å². The van der Waals surface area contributed by atoms with Gasteiger partial charge in [0.25, 0.3) is 0 Å². The summed E-state index contributed by atoms with van der Waals surface area (Å²) in [6, 6.07) is 8.97. The zero-order valence-corrected chi connectivity index (χ0v) is 22.2. The maximum atomic E-state index is 13.3. The second kappa shape index (κ2) is 10.4. The first-order valence-electron chi connectivity index (χ1n) is 12.6. The molecule has 1 aromatic heterocycles. The van der Waals surface area contributed by atoms with E-state index in [1.807, 2.05) is 6.20 Å². The Labute approximate surface area is 208 Å². The van der Waals surface area contributed by atoms with E-state index in [-0.39, 0.29) is 23.4 Å². The summed E-state index contributed by atoms with van der Waals surface area (Å²) < 4.78 is 19.7. The first-order chi connectivity index (χ1) is 16.5. The highest BCUT2D eigenvalue weighted by Gasteiger charge is 2.46. The molecule has 190 valence electrons. The van der Waals surface area contributed by atoms with Crippen LogP contribution in [-0.2, 0) is 17.3 Å². The highest BCUT2D eigenvalue weighted by atomic mass is 28.3. The molecule has 1 spiro atoms. The molecular formula is C27H38FN3O3Si. The third-order valence-electron chi connectivity index (χ3n) is 6.99. The maximum absolute atomic E-state index is 13.3. The summed E-state index contributed by atoms with van der Waals surface area (Å²) in [5, 5.41) is 17.5. The summed E-state index contributed by atoms with van der Waals surface area (Å²) in [5.74, 6) is 0.186. The molecule has 0 bridgehead atoms. The fourth-order valence-corrected chi connectivity index (χ4v) is 6.59. The van der Waals surface area contributed by atoms with Crippen LogP contribution < -0.4 is 15.4 Å². The predicted octanol–water partition coefficient (Wildman–Crippen LogP) is 4.08. The van der Waals surface area contributed by atoms with Crippen LogP contribution in [0.2, 0.25) is 19.6 Å². The second-order valence-corrected chi connectivity index (χ2v) is 17.0. The summed E-state index contributed by atoms with van der Waals surface area (Å²) in [6.07, 6.45) is 5.59. The molecule has 3 N–H and O–H groups in total. The van der Waals surface area contributed by atoms with Crippen molar-refractivity contribution in [2.45, 2.75) is 88.5 Å². The Kier molecular flexibility index (Phi) is 7.64. The number of carbonyl (C=O) groups is 1. The van der Waals surface area contributed by atoms with Crippen molar-refractivity contribution in [3.63, 3.8) is 0 Å². The lowest BCUT2D eigenvalue weighted by atomic mass is 9.73. The van der Waals surface area contributed by atoms with E-state index in [0.29, 0.717) is 18.8 Å². The molecule has 2 aromatic rings. The Hall–Kier alpha value is -2.29. The van der Waals surface area contributed by atoms with Crippen molar-refractivity contribution in [1.29, 1.82) is 0 Å². The van der Waals surface area contributed by atoms with Crippen LogP contribution in [0.4, 0.5) is 4.39 Å². The zero-order valence-electron chi connectivity index (χ0n) is 21.2. The molecule has 2 aliphatic rings. The van der Waals surface area contributed by atoms with E-state index in [0.717, 1.165) is 42.9 Å². The van der Waals surface area contributed by atoms with Crippen LogP contribution in [0.25, 0.3) is 0 Å². The number of aromatic nitrogens is 1. The molecule has 2 heterocycles. The van der Waals surface area contributed by atoms with Crippen LogP contribution in [0, 0.1) is 5.82 Å². The fourth-order valence-electron chi connectivity index (χ4n) is 5.17. The summed E-state index contributed by atoms with van der Waals surface area (Å²) in [7, 11) is -1.30. The highest BCUT2D eigenvalue weighted by Crippen LogP contribution is 2.48. The molecule has 6 nitrogen and oxygen atoms in total. The van der Waals surface area contributed by atoms with Crippen LogP contribution in [0.1, 0.15) is 55.3 Å². The largest absolute Gasteiger partial charge is 0.471 e. The number of pyridine rings is 1. The summed E-state index contributed by atoms with van der Waals surface area (Å²) in [4.78, 5) is 16.5. The van der Waals surface area contributed by atoms with Crippen molar-refractivity contribution in [1.82, 2.24) is 15.6 Å². The maximum Gasteiger partial charge on any atom is 0.218 e. The Balaban J connectivity index is 1.49. The van der Waals surface area contributed by atoms with Gasteiger partial charge in [-0.1, -0.05) is 31.8 Å². The number of carbonyl (C=O) groups excluding carboxylic acids is 1. The average molecular weight is 500 g/mol. The van der Waals surface area contributed by atoms with E-state index in [4.69, 9.17) is 9.72 Å². The number of nitrogens with one attached hydrogen (secondary N) is 2. The first-order valence-corrected chi connectivity index (χ1v) is 16.3. The van der Waals surface area contributed by atoms with Gasteiger partial charge in [0.2, 0.25) is 11.8 Å². The topological polar surface area (TPSA) is 83.5 Å². The van der Waals surface area contributed by atoms with Gasteiger partial charge in [0.05, 0.1) is 12.1 Å². The van der Waals surface area contributed by atoms with E-state index in [1.165, 1.54) is 24.6 Å². The van der Waals surface area contributed by atoms with Crippen LogP contribution in [0.5, 0.6) is 5.88 Å². The van der Waals surface area contributed by atoms with Gasteiger partial charge in [0.1, 0.15) is 11.4 Å². The minimum Gasteiger partial charge on any atom is -0.471 e. The van der Waals surface area contributed by atoms with Crippen molar-refractivity contribution in [3.8, 4) is 5.88 Å². The number of aliphatic hydroxyl groups is 1. The normalized spacial score (nSPS) is 20.3. The molecule has 0 radical (unpaired) electrons. The van der Waals surface area contributed by atoms with Gasteiger partial charge in [-0.05, 0) is 61.1 Å². The number of nitrogens with zero attached hydrogens (tertiary/aromatic N) is 1. The van der Waals surface area contributed by atoms with Crippen molar-refractivity contribution >= 4 is 14.0 Å². The quantitative estimate of drug-likeness (QED) is 0.453. The number of aliphatic hydroxyl groups excluding tert-OH is 1. The highest BCUT2D eigenvalue weighted by molar-refractivity contribution is 6.75. The van der Waals surface area contributed by atoms with Gasteiger partial charge in [-0.2, -0.15) is 0 Å². The molecule has 1 saturated carbocycles. The number of hydrogen-bond donors (Lipinski definition) is 3. The predicted molar refractivity (Wildman–Crippen MR) is 138 cm³/mol. The Bertz CT molecular complexity index is 1040. The molecule has 3 atom stereocenters. The second-order valence-electron chi connectivity index (χ2n) is 11.5. The van der Waals surface area contributed by atoms with Crippen molar-refractivity contribution < 1.29 is 19.0 Å². The fraction of sp³-hybridized carbons (Fsp3) is 0.556. The lowest BCUT2D eigenvalue weighted by Crippen LogP contribution is -2.52.